The maximum atomic E-state index is 10.8. The minimum Gasteiger partial charge on any atom is -0.625 e. The van der Waals surface area contributed by atoms with Crippen LogP contribution < -0.4 is 5.06 Å². The molecule has 0 aliphatic rings. The Kier molecular flexibility index (Phi) is 5.14. The first-order chi connectivity index (χ1) is 4.63. The van der Waals surface area contributed by atoms with Gasteiger partial charge >= 0.3 is 5.91 Å². The number of nitrogens with one attached hydrogen (secondary N) is 1. The summed E-state index contributed by atoms with van der Waals surface area (Å²) in [5.41, 5.74) is 0. The van der Waals surface area contributed by atoms with Gasteiger partial charge in [-0.1, -0.05) is 22.6 Å². The van der Waals surface area contributed by atoms with Crippen molar-refractivity contribution < 1.29 is 14.6 Å². The topological polar surface area (TPSA) is 53.8 Å². The molecule has 4 nitrogen and oxygen atoms in total. The molecule has 0 spiro atoms. The summed E-state index contributed by atoms with van der Waals surface area (Å²) in [5, 5.41) is 10.4. The second kappa shape index (κ2) is 5.00. The van der Waals surface area contributed by atoms with Gasteiger partial charge in [0.05, 0.1) is 0 Å². The third kappa shape index (κ3) is 2.91. The zero-order chi connectivity index (χ0) is 8.15. The van der Waals surface area contributed by atoms with Gasteiger partial charge in [0.2, 0.25) is 0 Å². The summed E-state index contributed by atoms with van der Waals surface area (Å²) in [5.74, 6) is -0.380. The highest BCUT2D eigenvalue weighted by Crippen LogP contribution is 1.78. The van der Waals surface area contributed by atoms with Crippen molar-refractivity contribution in [2.24, 2.45) is 0 Å². The summed E-state index contributed by atoms with van der Waals surface area (Å²) in [7, 11) is 1.41. The van der Waals surface area contributed by atoms with E-state index in [1.807, 2.05) is 22.6 Å². The van der Waals surface area contributed by atoms with Crippen molar-refractivity contribution in [1.82, 2.24) is 0 Å². The summed E-state index contributed by atoms with van der Waals surface area (Å²) < 4.78 is 4.89. The second-order valence-electron chi connectivity index (χ2n) is 1.80. The van der Waals surface area contributed by atoms with Crippen LogP contribution in [0.4, 0.5) is 0 Å². The van der Waals surface area contributed by atoms with E-state index in [4.69, 9.17) is 0 Å². The van der Waals surface area contributed by atoms with E-state index in [0.29, 0.717) is 0 Å². The smallest absolute Gasteiger partial charge is 0.323 e. The average Bonchev–Trinajstić information content (AvgIpc) is 2.00. The number of quaternary nitrogens is 1. The van der Waals surface area contributed by atoms with Gasteiger partial charge in [-0.05, 0) is 0 Å². The molecule has 0 fully saturated rings. The van der Waals surface area contributed by atoms with Gasteiger partial charge < -0.3 is 9.94 Å². The molecule has 1 N–H and O–H groups in total. The number of ether oxygens (including phenoxy) is 1. The van der Waals surface area contributed by atoms with Crippen molar-refractivity contribution in [3.8, 4) is 0 Å². The van der Waals surface area contributed by atoms with E-state index in [1.54, 1.807) is 6.92 Å². The quantitative estimate of drug-likeness (QED) is 0.316. The fourth-order valence-corrected chi connectivity index (χ4v) is 0.776. The predicted octanol–water partition coefficient (Wildman–Crippen LogP) is -0.677. The number of alkyl halides is 1. The summed E-state index contributed by atoms with van der Waals surface area (Å²) >= 11 is 1.85. The number of methoxy groups -OCH3 is 1. The van der Waals surface area contributed by atoms with Gasteiger partial charge in [-0.25, -0.2) is 4.79 Å². The first kappa shape index (κ1) is 10.3. The minimum atomic E-state index is -0.595. The Morgan fingerprint density at radius 2 is 2.40 bits per heavy atom. The molecule has 0 aliphatic heterocycles. The fourth-order valence-electron chi connectivity index (χ4n) is 0.400. The Morgan fingerprint density at radius 3 is 2.70 bits per heavy atom. The highest BCUT2D eigenvalue weighted by molar-refractivity contribution is 14.1. The highest BCUT2D eigenvalue weighted by Gasteiger charge is 2.14. The van der Waals surface area contributed by atoms with Crippen LogP contribution >= 0.6 is 22.6 Å². The molecule has 0 saturated heterocycles. The maximum absolute atomic E-state index is 10.8. The van der Waals surface area contributed by atoms with Crippen molar-refractivity contribution in [3.05, 3.63) is 5.21 Å². The van der Waals surface area contributed by atoms with E-state index in [2.05, 4.69) is 4.74 Å². The van der Waals surface area contributed by atoms with Crippen LogP contribution in [0.25, 0.3) is 0 Å². The molecule has 60 valence electrons. The highest BCUT2D eigenvalue weighted by atomic mass is 127. The van der Waals surface area contributed by atoms with E-state index in [0.717, 1.165) is 0 Å². The van der Waals surface area contributed by atoms with Crippen molar-refractivity contribution >= 4 is 28.5 Å². The molecule has 0 radical (unpaired) electrons. The second-order valence-corrected chi connectivity index (χ2v) is 2.56. The number of amides is 1. The van der Waals surface area contributed by atoms with Crippen LogP contribution in [-0.4, -0.2) is 23.7 Å². The van der Waals surface area contributed by atoms with E-state index in [9.17, 15) is 10.0 Å². The van der Waals surface area contributed by atoms with Gasteiger partial charge in [-0.2, -0.15) is 0 Å². The third-order valence-electron chi connectivity index (χ3n) is 1.12. The number of carbonyl (C=O) groups is 1. The average molecular weight is 259 g/mol. The Labute approximate surface area is 73.2 Å². The molecule has 10 heavy (non-hydrogen) atoms. The van der Waals surface area contributed by atoms with Crippen LogP contribution in [0.1, 0.15) is 6.92 Å². The number of hydrogen-bond donors (Lipinski definition) is 1. The van der Waals surface area contributed by atoms with Crippen LogP contribution in [-0.2, 0) is 9.53 Å². The number of rotatable bonds is 3. The van der Waals surface area contributed by atoms with Crippen molar-refractivity contribution in [2.75, 3.05) is 11.5 Å². The van der Waals surface area contributed by atoms with E-state index < -0.39 is 11.3 Å². The first-order valence-corrected chi connectivity index (χ1v) is 4.31. The molecule has 0 bridgehead atoms. The van der Waals surface area contributed by atoms with Crippen molar-refractivity contribution in [3.63, 3.8) is 0 Å². The molecule has 0 rings (SSSR count). The van der Waals surface area contributed by atoms with E-state index >= 15 is 0 Å². The van der Waals surface area contributed by atoms with Gasteiger partial charge in [-0.3, -0.25) is 5.06 Å². The normalized spacial score (nSPS) is 16.4. The molecule has 2 unspecified atom stereocenters. The molecule has 0 aliphatic carbocycles. The molecule has 1 amide bonds. The summed E-state index contributed by atoms with van der Waals surface area (Å²) in [4.78, 5) is 10.7. The standard InChI is InChI=1S/C5H10INO3/c1-4(10-2)7(9)5(8)3-6/h4,7H,3H2,1-2H3. The summed E-state index contributed by atoms with van der Waals surface area (Å²) in [6, 6.07) is 0. The van der Waals surface area contributed by atoms with Gasteiger partial charge in [0, 0.05) is 14.0 Å². The van der Waals surface area contributed by atoms with Gasteiger partial charge in [0.25, 0.3) is 0 Å². The van der Waals surface area contributed by atoms with Gasteiger partial charge in [0.15, 0.2) is 6.23 Å². The molecule has 2 atom stereocenters. The Bertz CT molecular complexity index is 119. The molecule has 0 saturated carbocycles. The first-order valence-electron chi connectivity index (χ1n) is 2.79. The summed E-state index contributed by atoms with van der Waals surface area (Å²) in [6.45, 7) is 1.56. The van der Waals surface area contributed by atoms with Crippen LogP contribution in [0.5, 0.6) is 0 Å². The Hall–Kier alpha value is 0.280. The zero-order valence-electron chi connectivity index (χ0n) is 5.89. The van der Waals surface area contributed by atoms with Crippen LogP contribution in [0.3, 0.4) is 0 Å². The molecule has 0 aromatic heterocycles. The lowest BCUT2D eigenvalue weighted by molar-refractivity contribution is -0.820. The Morgan fingerprint density at radius 1 is 1.90 bits per heavy atom. The zero-order valence-corrected chi connectivity index (χ0v) is 8.04. The lowest BCUT2D eigenvalue weighted by Crippen LogP contribution is -3.14. The Balaban J connectivity index is 3.81. The van der Waals surface area contributed by atoms with Crippen LogP contribution in [0.15, 0.2) is 0 Å². The molecule has 0 aromatic carbocycles. The SMILES string of the molecule is COC(C)[NH+]([O-])C(=O)CI. The molecular weight excluding hydrogens is 249 g/mol. The largest absolute Gasteiger partial charge is 0.625 e. The number of halogens is 1. The van der Waals surface area contributed by atoms with Crippen molar-refractivity contribution in [2.45, 2.75) is 13.2 Å². The van der Waals surface area contributed by atoms with E-state index in [-0.39, 0.29) is 10.3 Å². The molecular formula is C5H10INO3. The number of hydroxylamine groups is 2. The lowest BCUT2D eigenvalue weighted by Gasteiger charge is -2.23. The van der Waals surface area contributed by atoms with Crippen molar-refractivity contribution in [1.29, 1.82) is 0 Å². The maximum Gasteiger partial charge on any atom is 0.323 e. The van der Waals surface area contributed by atoms with Crippen LogP contribution in [0.2, 0.25) is 0 Å². The fraction of sp³-hybridized carbons (Fsp3) is 0.800. The third-order valence-corrected chi connectivity index (χ3v) is 1.81. The number of carbonyl (C=O) groups excluding carboxylic acids is 1. The monoisotopic (exact) mass is 259 g/mol. The molecule has 0 heterocycles. The van der Waals surface area contributed by atoms with Gasteiger partial charge in [0.1, 0.15) is 4.43 Å². The van der Waals surface area contributed by atoms with Crippen LogP contribution in [0, 0.1) is 5.21 Å². The van der Waals surface area contributed by atoms with E-state index in [1.165, 1.54) is 7.11 Å². The predicted molar refractivity (Wildman–Crippen MR) is 44.7 cm³/mol. The summed E-state index contributed by atoms with van der Waals surface area (Å²) in [6.07, 6.45) is -0.595. The molecule has 0 aromatic rings. The lowest BCUT2D eigenvalue weighted by atomic mass is 10.6. The number of hydrogen-bond acceptors (Lipinski definition) is 3. The van der Waals surface area contributed by atoms with Gasteiger partial charge in [-0.15, -0.1) is 0 Å². The minimum absolute atomic E-state index is 0.226. The molecule has 5 heteroatoms.